The minimum atomic E-state index is -1.07. The van der Waals surface area contributed by atoms with Crippen LogP contribution in [0.25, 0.3) is 10.9 Å². The topological polar surface area (TPSA) is 73.1 Å². The van der Waals surface area contributed by atoms with Crippen molar-refractivity contribution in [2.75, 3.05) is 6.61 Å². The van der Waals surface area contributed by atoms with Gasteiger partial charge >= 0.3 is 5.97 Å². The summed E-state index contributed by atoms with van der Waals surface area (Å²) in [5.74, 6) is -0.323. The van der Waals surface area contributed by atoms with Crippen LogP contribution in [0.15, 0.2) is 84.1 Å². The van der Waals surface area contributed by atoms with Crippen LogP contribution in [-0.2, 0) is 28.2 Å². The van der Waals surface area contributed by atoms with Crippen LogP contribution in [0.3, 0.4) is 0 Å². The average Bonchev–Trinajstić information content (AvgIpc) is 3.17. The lowest BCUT2D eigenvalue weighted by Crippen LogP contribution is -2.10. The average molecular weight is 471 g/mol. The molecule has 0 bridgehead atoms. The second kappa shape index (κ2) is 10.5. The highest BCUT2D eigenvalue weighted by molar-refractivity contribution is 6.00. The Kier molecular flexibility index (Phi) is 7.20. The first-order chi connectivity index (χ1) is 16.8. The molecule has 0 atom stereocenters. The number of carboxylic acid groups (broad SMARTS) is 1. The van der Waals surface area contributed by atoms with Gasteiger partial charge in [0.05, 0.1) is 6.21 Å². The zero-order valence-corrected chi connectivity index (χ0v) is 20.3. The van der Waals surface area contributed by atoms with Gasteiger partial charge in [-0.25, -0.2) is 4.79 Å². The Morgan fingerprint density at radius 3 is 2.43 bits per heavy atom. The highest BCUT2D eigenvalue weighted by atomic mass is 16.6. The van der Waals surface area contributed by atoms with Crippen LogP contribution >= 0.6 is 0 Å². The molecule has 180 valence electrons. The minimum absolute atomic E-state index is 0.115. The highest BCUT2D eigenvalue weighted by Gasteiger charge is 2.13. The fraction of sp³-hybridized carbons (Fsp3) is 0.241. The first kappa shape index (κ1) is 24.1. The molecule has 6 heteroatoms. The molecule has 1 heterocycles. The van der Waals surface area contributed by atoms with Gasteiger partial charge in [0, 0.05) is 29.2 Å². The maximum Gasteiger partial charge on any atom is 0.344 e. The number of aromatic nitrogens is 1. The van der Waals surface area contributed by atoms with Gasteiger partial charge in [-0.05, 0) is 40.3 Å². The van der Waals surface area contributed by atoms with Crippen molar-refractivity contribution in [1.82, 2.24) is 4.57 Å². The molecule has 0 radical (unpaired) electrons. The molecule has 4 aromatic rings. The molecule has 3 aromatic carbocycles. The van der Waals surface area contributed by atoms with E-state index in [1.165, 1.54) is 11.1 Å². The Balaban J connectivity index is 1.57. The van der Waals surface area contributed by atoms with Gasteiger partial charge < -0.3 is 19.2 Å². The number of rotatable bonds is 9. The van der Waals surface area contributed by atoms with Crippen molar-refractivity contribution >= 4 is 23.1 Å². The normalized spacial score (nSPS) is 11.7. The third-order valence-corrected chi connectivity index (χ3v) is 5.76. The van der Waals surface area contributed by atoms with Crippen molar-refractivity contribution in [3.8, 4) is 5.75 Å². The molecule has 4 rings (SSSR count). The summed E-state index contributed by atoms with van der Waals surface area (Å²) in [5, 5.41) is 13.6. The minimum Gasteiger partial charge on any atom is -0.489 e. The molecule has 0 aliphatic carbocycles. The molecule has 0 saturated heterocycles. The van der Waals surface area contributed by atoms with Crippen LogP contribution in [0.1, 0.15) is 43.0 Å². The van der Waals surface area contributed by atoms with Crippen molar-refractivity contribution in [2.24, 2.45) is 5.16 Å². The summed E-state index contributed by atoms with van der Waals surface area (Å²) in [6, 6.07) is 24.7. The Hall–Kier alpha value is -4.06. The van der Waals surface area contributed by atoms with E-state index in [2.05, 4.69) is 66.9 Å². The van der Waals surface area contributed by atoms with E-state index < -0.39 is 12.6 Å². The Morgan fingerprint density at radius 2 is 1.74 bits per heavy atom. The maximum absolute atomic E-state index is 10.7. The fourth-order valence-corrected chi connectivity index (χ4v) is 3.86. The van der Waals surface area contributed by atoms with Crippen molar-refractivity contribution in [1.29, 1.82) is 0 Å². The van der Waals surface area contributed by atoms with Gasteiger partial charge in [-0.2, -0.15) is 0 Å². The zero-order valence-electron chi connectivity index (χ0n) is 20.3. The number of benzene rings is 3. The predicted octanol–water partition coefficient (Wildman–Crippen LogP) is 6.00. The Bertz CT molecular complexity index is 1320. The summed E-state index contributed by atoms with van der Waals surface area (Å²) >= 11 is 0. The van der Waals surface area contributed by atoms with Crippen LogP contribution in [0.4, 0.5) is 0 Å². The number of carbonyl (C=O) groups is 1. The van der Waals surface area contributed by atoms with Crippen LogP contribution in [0.5, 0.6) is 5.75 Å². The van der Waals surface area contributed by atoms with Crippen molar-refractivity contribution in [3.05, 3.63) is 101 Å². The standard InChI is InChI=1S/C29H30N2O4/c1-29(2,3)24-11-9-22(10-12-24)19-34-25-13-14-27-26(15-25)23(16-30-35-20-28(32)33)18-31(27)17-21-7-5-4-6-8-21/h4-16,18H,17,19-20H2,1-3H3,(H,32,33). The third-order valence-electron chi connectivity index (χ3n) is 5.76. The van der Waals surface area contributed by atoms with Gasteiger partial charge in [0.1, 0.15) is 12.4 Å². The van der Waals surface area contributed by atoms with E-state index in [0.29, 0.717) is 13.2 Å². The summed E-state index contributed by atoms with van der Waals surface area (Å²) in [5.41, 5.74) is 5.52. The quantitative estimate of drug-likeness (QED) is 0.240. The molecule has 0 saturated carbocycles. The molecule has 0 fully saturated rings. The molecular formula is C29H30N2O4. The second-order valence-corrected chi connectivity index (χ2v) is 9.51. The van der Waals surface area contributed by atoms with Crippen molar-refractivity contribution < 1.29 is 19.5 Å². The molecule has 0 aliphatic rings. The van der Waals surface area contributed by atoms with Gasteiger partial charge in [-0.1, -0.05) is 80.5 Å². The first-order valence-corrected chi connectivity index (χ1v) is 11.6. The molecule has 0 aliphatic heterocycles. The van der Waals surface area contributed by atoms with E-state index >= 15 is 0 Å². The van der Waals surface area contributed by atoms with Gasteiger partial charge in [-0.15, -0.1) is 0 Å². The number of oxime groups is 1. The van der Waals surface area contributed by atoms with Gasteiger partial charge in [0.2, 0.25) is 6.61 Å². The number of fused-ring (bicyclic) bond motifs is 1. The summed E-state index contributed by atoms with van der Waals surface area (Å²) in [7, 11) is 0. The maximum atomic E-state index is 10.7. The first-order valence-electron chi connectivity index (χ1n) is 11.6. The molecule has 6 nitrogen and oxygen atoms in total. The van der Waals surface area contributed by atoms with E-state index in [1.54, 1.807) is 6.21 Å². The summed E-state index contributed by atoms with van der Waals surface area (Å²) in [4.78, 5) is 15.6. The Morgan fingerprint density at radius 1 is 1.00 bits per heavy atom. The third kappa shape index (κ3) is 6.29. The molecule has 1 N–H and O–H groups in total. The number of carboxylic acids is 1. The number of hydrogen-bond donors (Lipinski definition) is 1. The van der Waals surface area contributed by atoms with E-state index in [9.17, 15) is 4.79 Å². The second-order valence-electron chi connectivity index (χ2n) is 9.51. The lowest BCUT2D eigenvalue weighted by molar-refractivity contribution is -0.142. The lowest BCUT2D eigenvalue weighted by atomic mass is 9.87. The molecule has 0 unspecified atom stereocenters. The molecule has 0 amide bonds. The molecule has 35 heavy (non-hydrogen) atoms. The SMILES string of the molecule is CC(C)(C)c1ccc(COc2ccc3c(c2)c(C=NOCC(=O)O)cn3Cc2ccccc2)cc1. The van der Waals surface area contributed by atoms with E-state index in [0.717, 1.165) is 27.8 Å². The Labute approximate surface area is 205 Å². The predicted molar refractivity (Wildman–Crippen MR) is 138 cm³/mol. The van der Waals surface area contributed by atoms with Crippen LogP contribution < -0.4 is 4.74 Å². The summed E-state index contributed by atoms with van der Waals surface area (Å²) in [6.45, 7) is 7.27. The van der Waals surface area contributed by atoms with Gasteiger partial charge in [0.25, 0.3) is 0 Å². The van der Waals surface area contributed by atoms with Gasteiger partial charge in [0.15, 0.2) is 0 Å². The smallest absolute Gasteiger partial charge is 0.344 e. The van der Waals surface area contributed by atoms with Crippen molar-refractivity contribution in [2.45, 2.75) is 39.3 Å². The fourth-order valence-electron chi connectivity index (χ4n) is 3.86. The monoisotopic (exact) mass is 470 g/mol. The largest absolute Gasteiger partial charge is 0.489 e. The van der Waals surface area contributed by atoms with Crippen LogP contribution in [0.2, 0.25) is 0 Å². The zero-order chi connectivity index (χ0) is 24.8. The van der Waals surface area contributed by atoms with Crippen LogP contribution in [0, 0.1) is 0 Å². The van der Waals surface area contributed by atoms with Gasteiger partial charge in [-0.3, -0.25) is 0 Å². The van der Waals surface area contributed by atoms with E-state index in [1.807, 2.05) is 42.6 Å². The molecule has 1 aromatic heterocycles. The summed E-state index contributed by atoms with van der Waals surface area (Å²) < 4.78 is 8.24. The van der Waals surface area contributed by atoms with Crippen LogP contribution in [-0.4, -0.2) is 28.5 Å². The highest BCUT2D eigenvalue weighted by Crippen LogP contribution is 2.27. The number of ether oxygens (including phenoxy) is 1. The lowest BCUT2D eigenvalue weighted by Gasteiger charge is -2.19. The number of aliphatic carboxylic acids is 1. The van der Waals surface area contributed by atoms with E-state index in [4.69, 9.17) is 14.7 Å². The summed E-state index contributed by atoms with van der Waals surface area (Å²) in [6.07, 6.45) is 3.53. The number of nitrogens with zero attached hydrogens (tertiary/aromatic N) is 2. The molecular weight excluding hydrogens is 440 g/mol. The van der Waals surface area contributed by atoms with Crippen molar-refractivity contribution in [3.63, 3.8) is 0 Å². The number of hydrogen-bond acceptors (Lipinski definition) is 4. The molecule has 0 spiro atoms. The van der Waals surface area contributed by atoms with E-state index in [-0.39, 0.29) is 5.41 Å².